The number of hydrogen-bond acceptors (Lipinski definition) is 2. The van der Waals surface area contributed by atoms with Crippen molar-refractivity contribution in [3.63, 3.8) is 0 Å². The standard InChI is InChI=1S/C13H28N2/c1-3-4-5-11-15(2)12-7-9-13-8-6-10-14-13/h13-14H,3-12H2,1-2H3. The Morgan fingerprint density at radius 2 is 2.00 bits per heavy atom. The first-order valence-electron chi connectivity index (χ1n) is 6.75. The molecule has 0 saturated carbocycles. The molecule has 0 radical (unpaired) electrons. The molecule has 0 aliphatic carbocycles. The summed E-state index contributed by atoms with van der Waals surface area (Å²) < 4.78 is 0. The van der Waals surface area contributed by atoms with E-state index in [-0.39, 0.29) is 0 Å². The lowest BCUT2D eigenvalue weighted by atomic mass is 10.1. The van der Waals surface area contributed by atoms with Gasteiger partial charge < -0.3 is 10.2 Å². The third kappa shape index (κ3) is 6.16. The van der Waals surface area contributed by atoms with Gasteiger partial charge in [0, 0.05) is 6.04 Å². The molecule has 1 unspecified atom stereocenters. The third-order valence-electron chi connectivity index (χ3n) is 3.40. The molecule has 2 nitrogen and oxygen atoms in total. The number of hydrogen-bond donors (Lipinski definition) is 1. The van der Waals surface area contributed by atoms with Crippen LogP contribution in [0.5, 0.6) is 0 Å². The van der Waals surface area contributed by atoms with Crippen LogP contribution in [0, 0.1) is 0 Å². The van der Waals surface area contributed by atoms with Crippen molar-refractivity contribution in [2.75, 3.05) is 26.7 Å². The van der Waals surface area contributed by atoms with Crippen molar-refractivity contribution < 1.29 is 0 Å². The monoisotopic (exact) mass is 212 g/mol. The Kier molecular flexibility index (Phi) is 7.03. The maximum absolute atomic E-state index is 3.56. The van der Waals surface area contributed by atoms with Crippen LogP contribution >= 0.6 is 0 Å². The van der Waals surface area contributed by atoms with Crippen LogP contribution in [-0.4, -0.2) is 37.6 Å². The summed E-state index contributed by atoms with van der Waals surface area (Å²) in [4.78, 5) is 2.49. The normalized spacial score (nSPS) is 21.4. The number of nitrogens with one attached hydrogen (secondary N) is 1. The van der Waals surface area contributed by atoms with Gasteiger partial charge in [-0.25, -0.2) is 0 Å². The maximum Gasteiger partial charge on any atom is 0.00680 e. The van der Waals surface area contributed by atoms with Gasteiger partial charge in [-0.3, -0.25) is 0 Å². The number of rotatable bonds is 8. The van der Waals surface area contributed by atoms with Gasteiger partial charge in [-0.15, -0.1) is 0 Å². The zero-order valence-corrected chi connectivity index (χ0v) is 10.6. The van der Waals surface area contributed by atoms with E-state index in [0.29, 0.717) is 0 Å². The lowest BCUT2D eigenvalue weighted by Crippen LogP contribution is -2.25. The molecule has 1 fully saturated rings. The van der Waals surface area contributed by atoms with Crippen molar-refractivity contribution >= 4 is 0 Å². The second-order valence-corrected chi connectivity index (χ2v) is 4.95. The Morgan fingerprint density at radius 3 is 2.67 bits per heavy atom. The van der Waals surface area contributed by atoms with Gasteiger partial charge in [0.05, 0.1) is 0 Å². The maximum atomic E-state index is 3.56. The van der Waals surface area contributed by atoms with E-state index in [1.54, 1.807) is 0 Å². The topological polar surface area (TPSA) is 15.3 Å². The second kappa shape index (κ2) is 8.12. The molecule has 15 heavy (non-hydrogen) atoms. The van der Waals surface area contributed by atoms with Crippen LogP contribution in [0.1, 0.15) is 51.9 Å². The van der Waals surface area contributed by atoms with Crippen LogP contribution in [-0.2, 0) is 0 Å². The first-order chi connectivity index (χ1) is 7.33. The van der Waals surface area contributed by atoms with Gasteiger partial charge in [-0.1, -0.05) is 19.8 Å². The molecule has 0 aromatic carbocycles. The molecular formula is C13H28N2. The van der Waals surface area contributed by atoms with Crippen LogP contribution in [0.25, 0.3) is 0 Å². The van der Waals surface area contributed by atoms with Crippen LogP contribution < -0.4 is 5.32 Å². The van der Waals surface area contributed by atoms with Crippen molar-refractivity contribution in [2.24, 2.45) is 0 Å². The fourth-order valence-corrected chi connectivity index (χ4v) is 2.35. The van der Waals surface area contributed by atoms with Gasteiger partial charge in [0.1, 0.15) is 0 Å². The molecule has 1 saturated heterocycles. The third-order valence-corrected chi connectivity index (χ3v) is 3.40. The van der Waals surface area contributed by atoms with Gasteiger partial charge in [-0.05, 0) is 58.8 Å². The molecule has 1 aliphatic heterocycles. The average Bonchev–Trinajstić information content (AvgIpc) is 2.71. The van der Waals surface area contributed by atoms with Gasteiger partial charge >= 0.3 is 0 Å². The van der Waals surface area contributed by atoms with Crippen LogP contribution in [0.3, 0.4) is 0 Å². The average molecular weight is 212 g/mol. The van der Waals surface area contributed by atoms with Crippen LogP contribution in [0.4, 0.5) is 0 Å². The molecule has 1 aliphatic rings. The Hall–Kier alpha value is -0.0800. The van der Waals surface area contributed by atoms with Crippen LogP contribution in [0.15, 0.2) is 0 Å². The molecule has 0 aromatic heterocycles. The summed E-state index contributed by atoms with van der Waals surface area (Å²) in [6.45, 7) is 6.08. The first kappa shape index (κ1) is 13.0. The summed E-state index contributed by atoms with van der Waals surface area (Å²) in [5.41, 5.74) is 0. The minimum Gasteiger partial charge on any atom is -0.314 e. The van der Waals surface area contributed by atoms with Crippen molar-refractivity contribution in [2.45, 2.75) is 57.9 Å². The van der Waals surface area contributed by atoms with E-state index in [2.05, 4.69) is 24.2 Å². The largest absolute Gasteiger partial charge is 0.314 e. The van der Waals surface area contributed by atoms with Crippen molar-refractivity contribution in [3.05, 3.63) is 0 Å². The molecule has 0 amide bonds. The lowest BCUT2D eigenvalue weighted by Gasteiger charge is -2.17. The van der Waals surface area contributed by atoms with Gasteiger partial charge in [0.15, 0.2) is 0 Å². The molecule has 1 rings (SSSR count). The van der Waals surface area contributed by atoms with E-state index in [1.807, 2.05) is 0 Å². The molecule has 1 atom stereocenters. The van der Waals surface area contributed by atoms with Crippen molar-refractivity contribution in [3.8, 4) is 0 Å². The molecular weight excluding hydrogens is 184 g/mol. The number of unbranched alkanes of at least 4 members (excludes halogenated alkanes) is 2. The predicted molar refractivity (Wildman–Crippen MR) is 67.3 cm³/mol. The summed E-state index contributed by atoms with van der Waals surface area (Å²) in [6.07, 6.45) is 9.61. The Balaban J connectivity index is 1.89. The Bertz CT molecular complexity index is 141. The van der Waals surface area contributed by atoms with Crippen molar-refractivity contribution in [1.29, 1.82) is 0 Å². The highest BCUT2D eigenvalue weighted by molar-refractivity contribution is 4.74. The van der Waals surface area contributed by atoms with E-state index in [4.69, 9.17) is 0 Å². The smallest absolute Gasteiger partial charge is 0.00680 e. The minimum atomic E-state index is 0.828. The fourth-order valence-electron chi connectivity index (χ4n) is 2.35. The summed E-state index contributed by atoms with van der Waals surface area (Å²) >= 11 is 0. The quantitative estimate of drug-likeness (QED) is 0.622. The van der Waals surface area contributed by atoms with Crippen molar-refractivity contribution in [1.82, 2.24) is 10.2 Å². The molecule has 0 spiro atoms. The van der Waals surface area contributed by atoms with E-state index >= 15 is 0 Å². The number of nitrogens with zero attached hydrogens (tertiary/aromatic N) is 1. The lowest BCUT2D eigenvalue weighted by molar-refractivity contribution is 0.311. The molecule has 0 aromatic rings. The molecule has 1 N–H and O–H groups in total. The Morgan fingerprint density at radius 1 is 1.20 bits per heavy atom. The molecule has 0 bridgehead atoms. The summed E-state index contributed by atoms with van der Waals surface area (Å²) in [5, 5.41) is 3.56. The fraction of sp³-hybridized carbons (Fsp3) is 1.00. The van der Waals surface area contributed by atoms with Gasteiger partial charge in [-0.2, -0.15) is 0 Å². The predicted octanol–water partition coefficient (Wildman–Crippen LogP) is 2.64. The Labute approximate surface area is 95.4 Å². The highest BCUT2D eigenvalue weighted by Gasteiger charge is 2.13. The zero-order chi connectivity index (χ0) is 10.9. The molecule has 90 valence electrons. The van der Waals surface area contributed by atoms with E-state index in [1.165, 1.54) is 64.6 Å². The SMILES string of the molecule is CCCCCN(C)CCCC1CCCN1. The zero-order valence-electron chi connectivity index (χ0n) is 10.6. The second-order valence-electron chi connectivity index (χ2n) is 4.95. The van der Waals surface area contributed by atoms with Gasteiger partial charge in [0.25, 0.3) is 0 Å². The minimum absolute atomic E-state index is 0.828. The molecule has 2 heteroatoms. The van der Waals surface area contributed by atoms with Crippen LogP contribution in [0.2, 0.25) is 0 Å². The summed E-state index contributed by atoms with van der Waals surface area (Å²) in [6, 6.07) is 0.828. The molecule has 1 heterocycles. The summed E-state index contributed by atoms with van der Waals surface area (Å²) in [5.74, 6) is 0. The van der Waals surface area contributed by atoms with E-state index in [0.717, 1.165) is 6.04 Å². The first-order valence-corrected chi connectivity index (χ1v) is 6.75. The van der Waals surface area contributed by atoms with Gasteiger partial charge in [0.2, 0.25) is 0 Å². The highest BCUT2D eigenvalue weighted by atomic mass is 15.1. The van der Waals surface area contributed by atoms with E-state index < -0.39 is 0 Å². The summed E-state index contributed by atoms with van der Waals surface area (Å²) in [7, 11) is 2.26. The highest BCUT2D eigenvalue weighted by Crippen LogP contribution is 2.10. The van der Waals surface area contributed by atoms with E-state index in [9.17, 15) is 0 Å².